The molecule has 1 aliphatic rings. The number of aliphatic imine (C=N–C) groups is 1. The molecule has 0 N–H and O–H groups in total. The second kappa shape index (κ2) is 9.47. The highest BCUT2D eigenvalue weighted by Crippen LogP contribution is 2.35. The molecule has 0 spiro atoms. The van der Waals surface area contributed by atoms with Crippen LogP contribution in [0.3, 0.4) is 0 Å². The molecule has 30 heavy (non-hydrogen) atoms. The fraction of sp³-hybridized carbons (Fsp3) is 0.130. The molecule has 0 radical (unpaired) electrons. The Hall–Kier alpha value is -2.61. The minimum atomic E-state index is -0.103. The average molecular weight is 483 g/mol. The van der Waals surface area contributed by atoms with Crippen molar-refractivity contribution in [2.75, 3.05) is 20.3 Å². The summed E-state index contributed by atoms with van der Waals surface area (Å²) in [6, 6.07) is 21.2. The third kappa shape index (κ3) is 4.75. The van der Waals surface area contributed by atoms with Crippen LogP contribution in [0, 0.1) is 0 Å². The predicted octanol–water partition coefficient (Wildman–Crippen LogP) is 5.96. The van der Waals surface area contributed by atoms with Crippen LogP contribution >= 0.6 is 27.7 Å². The summed E-state index contributed by atoms with van der Waals surface area (Å²) in [5, 5.41) is 0.634. The number of hydrogen-bond acceptors (Lipinski definition) is 5. The number of halogens is 1. The number of carbonyl (C=O) groups is 1. The Morgan fingerprint density at radius 3 is 2.60 bits per heavy atom. The summed E-state index contributed by atoms with van der Waals surface area (Å²) < 4.78 is 12.1. The Balaban J connectivity index is 1.60. The molecule has 2 heterocycles. The summed E-state index contributed by atoms with van der Waals surface area (Å²) >= 11 is 4.78. The van der Waals surface area contributed by atoms with Gasteiger partial charge in [0, 0.05) is 23.2 Å². The van der Waals surface area contributed by atoms with Gasteiger partial charge < -0.3 is 9.15 Å². The Morgan fingerprint density at radius 2 is 1.87 bits per heavy atom. The van der Waals surface area contributed by atoms with Crippen molar-refractivity contribution in [3.05, 3.63) is 81.9 Å². The number of amidine groups is 1. The number of hydrogen-bond donors (Lipinski definition) is 0. The first kappa shape index (κ1) is 20.7. The van der Waals surface area contributed by atoms with E-state index in [9.17, 15) is 4.79 Å². The van der Waals surface area contributed by atoms with Gasteiger partial charge in [-0.2, -0.15) is 0 Å². The largest absolute Gasteiger partial charge is 0.457 e. The molecule has 0 atom stereocenters. The summed E-state index contributed by atoms with van der Waals surface area (Å²) in [6.07, 6.45) is 1.77. The van der Waals surface area contributed by atoms with E-state index in [1.807, 2.05) is 66.7 Å². The molecule has 1 aromatic heterocycles. The molecule has 0 aliphatic carbocycles. The molecular weight excluding hydrogens is 464 g/mol. The van der Waals surface area contributed by atoms with Crippen LogP contribution in [0.2, 0.25) is 0 Å². The first-order valence-electron chi connectivity index (χ1n) is 9.34. The molecule has 1 aliphatic heterocycles. The highest BCUT2D eigenvalue weighted by Gasteiger charge is 2.33. The predicted molar refractivity (Wildman–Crippen MR) is 125 cm³/mol. The third-order valence-corrected chi connectivity index (χ3v) is 5.95. The van der Waals surface area contributed by atoms with E-state index in [0.717, 1.165) is 21.5 Å². The Bertz CT molecular complexity index is 1090. The molecule has 1 saturated heterocycles. The molecular formula is C23H19BrN2O3S. The number of ether oxygens (including phenoxy) is 1. The maximum atomic E-state index is 13.0. The number of thioether (sulfide) groups is 1. The van der Waals surface area contributed by atoms with E-state index in [1.165, 1.54) is 11.8 Å². The molecule has 3 aromatic rings. The lowest BCUT2D eigenvalue weighted by Crippen LogP contribution is -2.32. The number of carbonyl (C=O) groups excluding carboxylic acids is 1. The van der Waals surface area contributed by atoms with Crippen LogP contribution < -0.4 is 0 Å². The molecule has 1 fully saturated rings. The molecule has 4 rings (SSSR count). The quantitative estimate of drug-likeness (QED) is 0.406. The average Bonchev–Trinajstić information content (AvgIpc) is 3.33. The van der Waals surface area contributed by atoms with Crippen molar-refractivity contribution < 1.29 is 13.9 Å². The van der Waals surface area contributed by atoms with Crippen molar-refractivity contribution in [2.24, 2.45) is 4.99 Å². The van der Waals surface area contributed by atoms with E-state index in [-0.39, 0.29) is 5.91 Å². The van der Waals surface area contributed by atoms with Gasteiger partial charge in [0.25, 0.3) is 5.91 Å². The highest BCUT2D eigenvalue weighted by atomic mass is 79.9. The third-order valence-electron chi connectivity index (χ3n) is 4.42. The standard InChI is InChI=1S/C23H19BrN2O3S/c1-28-14-13-26-22(27)21(30-23(26)25-18-5-3-2-4-6-18)15-19-11-12-20(29-19)16-7-9-17(24)10-8-16/h2-12,15H,13-14H2,1H3. The van der Waals surface area contributed by atoms with Gasteiger partial charge in [0.05, 0.1) is 23.7 Å². The monoisotopic (exact) mass is 482 g/mol. The maximum absolute atomic E-state index is 13.0. The lowest BCUT2D eigenvalue weighted by molar-refractivity contribution is -0.122. The Kier molecular flexibility index (Phi) is 6.52. The SMILES string of the molecule is COCCN1C(=O)C(=Cc2ccc(-c3ccc(Br)cc3)o2)SC1=Nc1ccccc1. The lowest BCUT2D eigenvalue weighted by Gasteiger charge is -2.14. The lowest BCUT2D eigenvalue weighted by atomic mass is 10.2. The zero-order valence-electron chi connectivity index (χ0n) is 16.2. The maximum Gasteiger partial charge on any atom is 0.266 e. The molecule has 5 nitrogen and oxygen atoms in total. The molecule has 2 aromatic carbocycles. The van der Waals surface area contributed by atoms with E-state index in [1.54, 1.807) is 18.1 Å². The van der Waals surface area contributed by atoms with Crippen molar-refractivity contribution in [1.29, 1.82) is 0 Å². The fourth-order valence-corrected chi connectivity index (χ4v) is 4.18. The molecule has 0 bridgehead atoms. The highest BCUT2D eigenvalue weighted by molar-refractivity contribution is 9.10. The summed E-state index contributed by atoms with van der Waals surface area (Å²) in [7, 11) is 1.62. The van der Waals surface area contributed by atoms with Crippen LogP contribution in [0.5, 0.6) is 0 Å². The second-order valence-electron chi connectivity index (χ2n) is 6.50. The summed E-state index contributed by atoms with van der Waals surface area (Å²) in [6.45, 7) is 0.871. The van der Waals surface area contributed by atoms with Crippen LogP contribution in [-0.2, 0) is 9.53 Å². The topological polar surface area (TPSA) is 55.0 Å². The number of para-hydroxylation sites is 1. The fourth-order valence-electron chi connectivity index (χ4n) is 2.91. The number of rotatable bonds is 6. The smallest absolute Gasteiger partial charge is 0.266 e. The Morgan fingerprint density at radius 1 is 1.10 bits per heavy atom. The number of benzene rings is 2. The minimum Gasteiger partial charge on any atom is -0.457 e. The van der Waals surface area contributed by atoms with Gasteiger partial charge in [-0.25, -0.2) is 4.99 Å². The van der Waals surface area contributed by atoms with Gasteiger partial charge in [-0.1, -0.05) is 46.3 Å². The molecule has 0 unspecified atom stereocenters. The van der Waals surface area contributed by atoms with Gasteiger partial charge in [0.2, 0.25) is 0 Å². The van der Waals surface area contributed by atoms with E-state index in [2.05, 4.69) is 20.9 Å². The zero-order valence-corrected chi connectivity index (χ0v) is 18.7. The van der Waals surface area contributed by atoms with Crippen LogP contribution in [0.25, 0.3) is 17.4 Å². The van der Waals surface area contributed by atoms with Gasteiger partial charge >= 0.3 is 0 Å². The van der Waals surface area contributed by atoms with Gasteiger partial charge in [0.15, 0.2) is 5.17 Å². The van der Waals surface area contributed by atoms with Crippen LogP contribution in [-0.4, -0.2) is 36.2 Å². The second-order valence-corrected chi connectivity index (χ2v) is 8.42. The molecule has 152 valence electrons. The van der Waals surface area contributed by atoms with Crippen LogP contribution in [0.4, 0.5) is 5.69 Å². The Labute approximate surface area is 187 Å². The number of nitrogens with zero attached hydrogens (tertiary/aromatic N) is 2. The number of amides is 1. The first-order chi connectivity index (χ1) is 14.6. The molecule has 7 heteroatoms. The van der Waals surface area contributed by atoms with Crippen LogP contribution in [0.1, 0.15) is 5.76 Å². The number of furan rings is 1. The van der Waals surface area contributed by atoms with Gasteiger partial charge in [-0.05, 0) is 48.2 Å². The van der Waals surface area contributed by atoms with Crippen LogP contribution in [0.15, 0.2) is 85.5 Å². The molecule has 0 saturated carbocycles. The van der Waals surface area contributed by atoms with E-state index < -0.39 is 0 Å². The summed E-state index contributed by atoms with van der Waals surface area (Å²) in [4.78, 5) is 19.8. The van der Waals surface area contributed by atoms with Crippen molar-refractivity contribution in [2.45, 2.75) is 0 Å². The first-order valence-corrected chi connectivity index (χ1v) is 10.9. The normalized spacial score (nSPS) is 16.7. The van der Waals surface area contributed by atoms with Crippen molar-refractivity contribution >= 4 is 50.5 Å². The molecule has 1 amide bonds. The van der Waals surface area contributed by atoms with E-state index in [4.69, 9.17) is 9.15 Å². The van der Waals surface area contributed by atoms with Crippen molar-refractivity contribution in [3.8, 4) is 11.3 Å². The summed E-state index contributed by atoms with van der Waals surface area (Å²) in [5.74, 6) is 1.27. The minimum absolute atomic E-state index is 0.103. The van der Waals surface area contributed by atoms with Gasteiger partial charge in [-0.3, -0.25) is 9.69 Å². The van der Waals surface area contributed by atoms with Crippen molar-refractivity contribution in [3.63, 3.8) is 0 Å². The van der Waals surface area contributed by atoms with Gasteiger partial charge in [-0.15, -0.1) is 0 Å². The zero-order chi connectivity index (χ0) is 20.9. The van der Waals surface area contributed by atoms with Gasteiger partial charge in [0.1, 0.15) is 11.5 Å². The summed E-state index contributed by atoms with van der Waals surface area (Å²) in [5.41, 5.74) is 1.77. The van der Waals surface area contributed by atoms with Crippen molar-refractivity contribution in [1.82, 2.24) is 4.90 Å². The number of methoxy groups -OCH3 is 1. The van der Waals surface area contributed by atoms with E-state index in [0.29, 0.717) is 29.0 Å². The van der Waals surface area contributed by atoms with E-state index >= 15 is 0 Å².